The van der Waals surface area contributed by atoms with E-state index in [4.69, 9.17) is 15.3 Å². The predicted octanol–water partition coefficient (Wildman–Crippen LogP) is 1.02. The summed E-state index contributed by atoms with van der Waals surface area (Å²) in [5, 5.41) is 29.6. The van der Waals surface area contributed by atoms with E-state index in [1.165, 1.54) is 4.90 Å². The number of rotatable bonds is 7. The topological polar surface area (TPSA) is 149 Å². The van der Waals surface area contributed by atoms with Crippen molar-refractivity contribution in [3.8, 4) is 12.1 Å². The molecule has 142 valence electrons. The molecule has 0 bridgehead atoms. The molecule has 0 aromatic carbocycles. The molecule has 0 spiro atoms. The van der Waals surface area contributed by atoms with Crippen LogP contribution in [0.4, 0.5) is 17.3 Å². The zero-order chi connectivity index (χ0) is 19.8. The summed E-state index contributed by atoms with van der Waals surface area (Å²) < 4.78 is 5.06. The van der Waals surface area contributed by atoms with Gasteiger partial charge in [-0.05, 0) is 19.8 Å². The van der Waals surface area contributed by atoms with Gasteiger partial charge in [0, 0.05) is 13.1 Å². The van der Waals surface area contributed by atoms with Crippen LogP contribution in [0.1, 0.15) is 19.8 Å². The molecule has 1 unspecified atom stereocenters. The summed E-state index contributed by atoms with van der Waals surface area (Å²) >= 11 is 0. The van der Waals surface area contributed by atoms with Crippen molar-refractivity contribution in [2.75, 3.05) is 42.6 Å². The lowest BCUT2D eigenvalue weighted by molar-refractivity contribution is -0.383. The molecule has 11 heteroatoms. The largest absolute Gasteiger partial charge is 0.466 e. The molecule has 1 fully saturated rings. The first kappa shape index (κ1) is 19.8. The van der Waals surface area contributed by atoms with E-state index in [9.17, 15) is 14.9 Å². The van der Waals surface area contributed by atoms with Crippen LogP contribution in [0.2, 0.25) is 0 Å². The fourth-order valence-corrected chi connectivity index (χ4v) is 2.99. The van der Waals surface area contributed by atoms with Gasteiger partial charge in [0.15, 0.2) is 0 Å². The van der Waals surface area contributed by atoms with Gasteiger partial charge in [0.25, 0.3) is 0 Å². The second-order valence-corrected chi connectivity index (χ2v) is 5.84. The number of carbonyl (C=O) groups is 1. The number of nitriles is 2. The van der Waals surface area contributed by atoms with E-state index >= 15 is 0 Å². The first-order valence-corrected chi connectivity index (χ1v) is 8.43. The molecule has 11 nitrogen and oxygen atoms in total. The Kier molecular flexibility index (Phi) is 6.83. The number of aromatic nitrogens is 2. The zero-order valence-corrected chi connectivity index (χ0v) is 14.9. The van der Waals surface area contributed by atoms with Crippen LogP contribution in [0.5, 0.6) is 0 Å². The normalized spacial score (nSPS) is 16.1. The average molecular weight is 373 g/mol. The van der Waals surface area contributed by atoms with Crippen molar-refractivity contribution in [2.45, 2.75) is 19.8 Å². The predicted molar refractivity (Wildman–Crippen MR) is 93.7 cm³/mol. The van der Waals surface area contributed by atoms with Crippen molar-refractivity contribution in [3.63, 3.8) is 0 Å². The van der Waals surface area contributed by atoms with Gasteiger partial charge in [-0.15, -0.1) is 0 Å². The van der Waals surface area contributed by atoms with Crippen LogP contribution in [-0.4, -0.2) is 53.6 Å². The first-order chi connectivity index (χ1) is 13.0. The molecule has 1 atom stereocenters. The maximum Gasteiger partial charge on any atom is 0.353 e. The molecule has 0 radical (unpaired) electrons. The Morgan fingerprint density at radius 3 is 2.74 bits per heavy atom. The summed E-state index contributed by atoms with van der Waals surface area (Å²) in [5.41, 5.74) is -0.382. The third-order valence-electron chi connectivity index (χ3n) is 4.13. The fraction of sp³-hybridized carbons (Fsp3) is 0.562. The first-order valence-electron chi connectivity index (χ1n) is 8.43. The van der Waals surface area contributed by atoms with Gasteiger partial charge in [0.2, 0.25) is 11.6 Å². The molecule has 0 saturated carbocycles. The molecule has 2 rings (SSSR count). The van der Waals surface area contributed by atoms with Crippen LogP contribution in [0.3, 0.4) is 0 Å². The Labute approximate surface area is 155 Å². The molecule has 1 saturated heterocycles. The van der Waals surface area contributed by atoms with Crippen molar-refractivity contribution in [2.24, 2.45) is 5.92 Å². The van der Waals surface area contributed by atoms with Crippen molar-refractivity contribution in [1.29, 1.82) is 10.5 Å². The average Bonchev–Trinajstić information content (AvgIpc) is 2.67. The molecule has 1 aromatic rings. The number of nitrogens with zero attached hydrogens (tertiary/aromatic N) is 7. The fourth-order valence-electron chi connectivity index (χ4n) is 2.99. The highest BCUT2D eigenvalue weighted by atomic mass is 16.6. The number of ether oxygens (including phenoxy) is 1. The van der Waals surface area contributed by atoms with Crippen molar-refractivity contribution >= 4 is 23.3 Å². The SMILES string of the molecule is CCOC(=O)C1CCCN(c2ncnc(N(CC#N)CC#N)c2[N+](=O)[O-])C1. The zero-order valence-electron chi connectivity index (χ0n) is 14.9. The van der Waals surface area contributed by atoms with Gasteiger partial charge in [-0.1, -0.05) is 0 Å². The standard InChI is InChI=1S/C16H19N7O4/c1-2-27-16(24)12-4-3-7-22(10-12)15-13(23(25)26)14(19-11-20-15)21(8-5-17)9-6-18/h11-12H,2-4,7-10H2,1H3. The summed E-state index contributed by atoms with van der Waals surface area (Å²) in [4.78, 5) is 34.0. The van der Waals surface area contributed by atoms with Gasteiger partial charge >= 0.3 is 11.7 Å². The van der Waals surface area contributed by atoms with Gasteiger partial charge < -0.3 is 14.5 Å². The van der Waals surface area contributed by atoms with Crippen molar-refractivity contribution in [1.82, 2.24) is 9.97 Å². The maximum absolute atomic E-state index is 12.0. The number of anilines is 2. The van der Waals surface area contributed by atoms with Crippen molar-refractivity contribution in [3.05, 3.63) is 16.4 Å². The summed E-state index contributed by atoms with van der Waals surface area (Å²) in [6, 6.07) is 3.74. The third-order valence-corrected chi connectivity index (χ3v) is 4.13. The van der Waals surface area contributed by atoms with E-state index in [1.54, 1.807) is 11.8 Å². The van der Waals surface area contributed by atoms with Crippen LogP contribution < -0.4 is 9.80 Å². The van der Waals surface area contributed by atoms with Crippen LogP contribution in [0, 0.1) is 38.7 Å². The minimum absolute atomic E-state index is 0.0693. The molecular formula is C16H19N7O4. The van der Waals surface area contributed by atoms with Crippen LogP contribution >= 0.6 is 0 Å². The van der Waals surface area contributed by atoms with E-state index in [0.717, 1.165) is 6.33 Å². The second-order valence-electron chi connectivity index (χ2n) is 5.84. The van der Waals surface area contributed by atoms with Crippen molar-refractivity contribution < 1.29 is 14.5 Å². The molecule has 0 amide bonds. The minimum atomic E-state index is -0.625. The second kappa shape index (κ2) is 9.29. The lowest BCUT2D eigenvalue weighted by Gasteiger charge is -2.32. The van der Waals surface area contributed by atoms with E-state index in [1.807, 2.05) is 12.1 Å². The van der Waals surface area contributed by atoms with Gasteiger partial charge in [-0.3, -0.25) is 14.9 Å². The monoisotopic (exact) mass is 373 g/mol. The molecular weight excluding hydrogens is 354 g/mol. The smallest absolute Gasteiger partial charge is 0.353 e. The third kappa shape index (κ3) is 4.58. The number of carbonyl (C=O) groups excluding carboxylic acids is 1. The molecule has 2 heterocycles. The molecule has 27 heavy (non-hydrogen) atoms. The Morgan fingerprint density at radius 2 is 2.15 bits per heavy atom. The Morgan fingerprint density at radius 1 is 1.44 bits per heavy atom. The Hall–Kier alpha value is -3.47. The van der Waals surface area contributed by atoms with E-state index in [0.29, 0.717) is 19.4 Å². The highest BCUT2D eigenvalue weighted by molar-refractivity contribution is 5.75. The van der Waals surface area contributed by atoms with Crippen LogP contribution in [-0.2, 0) is 9.53 Å². The van der Waals surface area contributed by atoms with E-state index < -0.39 is 10.8 Å². The summed E-state index contributed by atoms with van der Waals surface area (Å²) in [5.74, 6) is -0.757. The molecule has 1 aliphatic rings. The lowest BCUT2D eigenvalue weighted by atomic mass is 9.98. The molecule has 0 N–H and O–H groups in total. The summed E-state index contributed by atoms with van der Waals surface area (Å²) in [6.45, 7) is 2.27. The highest BCUT2D eigenvalue weighted by Crippen LogP contribution is 2.36. The Bertz CT molecular complexity index is 770. The van der Waals surface area contributed by atoms with Gasteiger partial charge in [-0.2, -0.15) is 10.5 Å². The highest BCUT2D eigenvalue weighted by Gasteiger charge is 2.34. The summed E-state index contributed by atoms with van der Waals surface area (Å²) in [6.07, 6.45) is 2.45. The molecule has 1 aliphatic heterocycles. The summed E-state index contributed by atoms with van der Waals surface area (Å²) in [7, 11) is 0. The van der Waals surface area contributed by atoms with E-state index in [2.05, 4.69) is 9.97 Å². The quantitative estimate of drug-likeness (QED) is 0.293. The number of piperidine rings is 1. The molecule has 0 aliphatic carbocycles. The van der Waals surface area contributed by atoms with E-state index in [-0.39, 0.29) is 49.5 Å². The number of hydrogen-bond acceptors (Lipinski definition) is 10. The maximum atomic E-state index is 12.0. The van der Waals surface area contributed by atoms with Gasteiger partial charge in [0.05, 0.1) is 29.6 Å². The molecule has 1 aromatic heterocycles. The van der Waals surface area contributed by atoms with Gasteiger partial charge in [-0.25, -0.2) is 9.97 Å². The lowest BCUT2D eigenvalue weighted by Crippen LogP contribution is -2.40. The van der Waals surface area contributed by atoms with Crippen LogP contribution in [0.15, 0.2) is 6.33 Å². The number of nitro groups is 1. The van der Waals surface area contributed by atoms with Crippen LogP contribution in [0.25, 0.3) is 0 Å². The Balaban J connectivity index is 2.40. The minimum Gasteiger partial charge on any atom is -0.466 e. The van der Waals surface area contributed by atoms with Gasteiger partial charge in [0.1, 0.15) is 19.4 Å². The number of hydrogen-bond donors (Lipinski definition) is 0. The number of esters is 1.